The van der Waals surface area contributed by atoms with Gasteiger partial charge in [0.1, 0.15) is 12.2 Å². The third kappa shape index (κ3) is 3.13. The van der Waals surface area contributed by atoms with Crippen molar-refractivity contribution in [1.29, 1.82) is 0 Å². The molecule has 2 heterocycles. The van der Waals surface area contributed by atoms with Crippen molar-refractivity contribution in [2.45, 2.75) is 30.3 Å². The van der Waals surface area contributed by atoms with E-state index in [1.54, 1.807) is 6.33 Å². The summed E-state index contributed by atoms with van der Waals surface area (Å²) in [4.78, 5) is 5.11. The van der Waals surface area contributed by atoms with Crippen LogP contribution in [0.2, 0.25) is 0 Å². The lowest BCUT2D eigenvalue weighted by molar-refractivity contribution is 0.365. The second-order valence-electron chi connectivity index (χ2n) is 4.91. The zero-order valence-corrected chi connectivity index (χ0v) is 12.1. The second-order valence-corrected chi connectivity index (χ2v) is 6.48. The van der Waals surface area contributed by atoms with Crippen molar-refractivity contribution < 1.29 is 4.21 Å². The summed E-state index contributed by atoms with van der Waals surface area (Å²) in [5.41, 5.74) is 0. The van der Waals surface area contributed by atoms with E-state index < -0.39 is 10.8 Å². The van der Waals surface area contributed by atoms with Gasteiger partial charge in [0.05, 0.1) is 17.3 Å². The lowest BCUT2D eigenvalue weighted by atomic mass is 10.1. The van der Waals surface area contributed by atoms with Gasteiger partial charge in [-0.2, -0.15) is 5.10 Å². The van der Waals surface area contributed by atoms with E-state index in [1.807, 2.05) is 35.0 Å². The van der Waals surface area contributed by atoms with E-state index in [4.69, 9.17) is 0 Å². The molecule has 1 aliphatic rings. The third-order valence-corrected chi connectivity index (χ3v) is 4.90. The number of fused-ring (bicyclic) bond motifs is 1. The van der Waals surface area contributed by atoms with Crippen molar-refractivity contribution in [3.8, 4) is 0 Å². The van der Waals surface area contributed by atoms with Gasteiger partial charge in [0, 0.05) is 29.7 Å². The Morgan fingerprint density at radius 3 is 3.05 bits per heavy atom. The number of hydrogen-bond donors (Lipinski definition) is 1. The van der Waals surface area contributed by atoms with Gasteiger partial charge in [-0.15, -0.1) is 0 Å². The molecule has 0 unspecified atom stereocenters. The highest BCUT2D eigenvalue weighted by atomic mass is 32.2. The molecule has 1 aromatic carbocycles. The average molecular weight is 290 g/mol. The van der Waals surface area contributed by atoms with Gasteiger partial charge < -0.3 is 5.32 Å². The first kappa shape index (κ1) is 13.5. The maximum Gasteiger partial charge on any atom is 0.138 e. The van der Waals surface area contributed by atoms with Crippen LogP contribution >= 0.6 is 0 Å². The molecule has 0 radical (unpaired) electrons. The maximum absolute atomic E-state index is 12.1. The Morgan fingerprint density at radius 2 is 2.20 bits per heavy atom. The number of rotatable bonds is 5. The summed E-state index contributed by atoms with van der Waals surface area (Å²) in [5.74, 6) is 1.71. The first-order valence-electron chi connectivity index (χ1n) is 6.86. The predicted molar refractivity (Wildman–Crippen MR) is 77.9 cm³/mol. The quantitative estimate of drug-likeness (QED) is 0.892. The van der Waals surface area contributed by atoms with Crippen LogP contribution in [0.15, 0.2) is 41.6 Å². The zero-order valence-electron chi connectivity index (χ0n) is 11.2. The fourth-order valence-corrected chi connectivity index (χ4v) is 3.45. The monoisotopic (exact) mass is 290 g/mol. The molecule has 0 saturated heterocycles. The average Bonchev–Trinajstić information content (AvgIpc) is 2.95. The van der Waals surface area contributed by atoms with Gasteiger partial charge in [-0.3, -0.25) is 4.21 Å². The van der Waals surface area contributed by atoms with Crippen molar-refractivity contribution in [1.82, 2.24) is 20.1 Å². The van der Waals surface area contributed by atoms with Gasteiger partial charge >= 0.3 is 0 Å². The maximum atomic E-state index is 12.1. The van der Waals surface area contributed by atoms with Gasteiger partial charge in [0.25, 0.3) is 0 Å². The molecule has 0 bridgehead atoms. The number of nitrogens with one attached hydrogen (secondary N) is 1. The fraction of sp³-hybridized carbons (Fsp3) is 0.429. The molecule has 0 spiro atoms. The van der Waals surface area contributed by atoms with E-state index in [0.29, 0.717) is 11.8 Å². The van der Waals surface area contributed by atoms with Crippen molar-refractivity contribution >= 4 is 10.8 Å². The zero-order chi connectivity index (χ0) is 13.8. The summed E-state index contributed by atoms with van der Waals surface area (Å²) in [7, 11) is -0.922. The lowest BCUT2D eigenvalue weighted by Crippen LogP contribution is -2.39. The Kier molecular flexibility index (Phi) is 4.22. The minimum Gasteiger partial charge on any atom is -0.311 e. The molecule has 6 heteroatoms. The highest BCUT2D eigenvalue weighted by Crippen LogP contribution is 2.11. The van der Waals surface area contributed by atoms with E-state index in [-0.39, 0.29) is 0 Å². The van der Waals surface area contributed by atoms with Crippen molar-refractivity contribution in [2.75, 3.05) is 12.3 Å². The van der Waals surface area contributed by atoms with E-state index in [0.717, 1.165) is 36.7 Å². The Hall–Kier alpha value is -1.53. The van der Waals surface area contributed by atoms with Gasteiger partial charge in [-0.25, -0.2) is 9.67 Å². The SMILES string of the molecule is O=[S@@](CCN[C@@H]1CCc2ncnn2C1)c1ccccc1. The van der Waals surface area contributed by atoms with Crippen LogP contribution in [0.1, 0.15) is 12.2 Å². The standard InChI is InChI=1S/C14H18N4OS/c19-20(13-4-2-1-3-5-13)9-8-15-12-6-7-14-16-11-17-18(14)10-12/h1-5,11-12,15H,6-10H2/t12-,20+/m1/s1. The molecule has 2 aromatic rings. The van der Waals surface area contributed by atoms with Crippen LogP contribution in [0.4, 0.5) is 0 Å². The molecule has 0 amide bonds. The molecule has 1 N–H and O–H groups in total. The molecule has 20 heavy (non-hydrogen) atoms. The smallest absolute Gasteiger partial charge is 0.138 e. The number of nitrogens with zero attached hydrogens (tertiary/aromatic N) is 3. The fourth-order valence-electron chi connectivity index (χ4n) is 2.45. The van der Waals surface area contributed by atoms with Crippen LogP contribution in [0, 0.1) is 0 Å². The lowest BCUT2D eigenvalue weighted by Gasteiger charge is -2.23. The summed E-state index contributed by atoms with van der Waals surface area (Å²) >= 11 is 0. The van der Waals surface area contributed by atoms with Crippen LogP contribution in [-0.4, -0.2) is 37.3 Å². The Balaban J connectivity index is 1.46. The minimum atomic E-state index is -0.922. The van der Waals surface area contributed by atoms with Crippen LogP contribution in [0.3, 0.4) is 0 Å². The van der Waals surface area contributed by atoms with Gasteiger partial charge in [-0.05, 0) is 18.6 Å². The van der Waals surface area contributed by atoms with Crippen molar-refractivity contribution in [2.24, 2.45) is 0 Å². The Morgan fingerprint density at radius 1 is 1.35 bits per heavy atom. The molecular formula is C14H18N4OS. The van der Waals surface area contributed by atoms with Gasteiger partial charge in [-0.1, -0.05) is 18.2 Å². The van der Waals surface area contributed by atoms with E-state index in [1.165, 1.54) is 0 Å². The second kappa shape index (κ2) is 6.28. The highest BCUT2D eigenvalue weighted by molar-refractivity contribution is 7.85. The molecule has 2 atom stereocenters. The van der Waals surface area contributed by atoms with Crippen molar-refractivity contribution in [3.05, 3.63) is 42.5 Å². The molecule has 3 rings (SSSR count). The predicted octanol–water partition coefficient (Wildman–Crippen LogP) is 0.990. The molecular weight excluding hydrogens is 272 g/mol. The largest absolute Gasteiger partial charge is 0.311 e. The van der Waals surface area contributed by atoms with Gasteiger partial charge in [0.15, 0.2) is 0 Å². The van der Waals surface area contributed by atoms with E-state index in [9.17, 15) is 4.21 Å². The molecule has 106 valence electrons. The normalized spacial score (nSPS) is 19.5. The van der Waals surface area contributed by atoms with Crippen LogP contribution in [0.25, 0.3) is 0 Å². The van der Waals surface area contributed by atoms with Crippen LogP contribution in [-0.2, 0) is 23.8 Å². The third-order valence-electron chi connectivity index (χ3n) is 3.53. The highest BCUT2D eigenvalue weighted by Gasteiger charge is 2.19. The molecule has 1 aliphatic heterocycles. The summed E-state index contributed by atoms with van der Waals surface area (Å²) in [6, 6.07) is 10.0. The first-order chi connectivity index (χ1) is 9.83. The molecule has 1 aromatic heterocycles. The summed E-state index contributed by atoms with van der Waals surface area (Å²) in [5, 5.41) is 7.67. The topological polar surface area (TPSA) is 59.8 Å². The molecule has 0 fully saturated rings. The number of aryl methyl sites for hydroxylation is 1. The summed E-state index contributed by atoms with van der Waals surface area (Å²) in [6.45, 7) is 1.61. The first-order valence-corrected chi connectivity index (χ1v) is 8.18. The number of hydrogen-bond acceptors (Lipinski definition) is 4. The van der Waals surface area contributed by atoms with Crippen molar-refractivity contribution in [3.63, 3.8) is 0 Å². The number of aromatic nitrogens is 3. The Labute approximate surface area is 120 Å². The Bertz CT molecular complexity index is 584. The molecule has 0 saturated carbocycles. The number of benzene rings is 1. The summed E-state index contributed by atoms with van der Waals surface area (Å²) < 4.78 is 14.0. The summed E-state index contributed by atoms with van der Waals surface area (Å²) in [6.07, 6.45) is 3.64. The van der Waals surface area contributed by atoms with E-state index >= 15 is 0 Å². The van der Waals surface area contributed by atoms with Crippen LogP contribution in [0.5, 0.6) is 0 Å². The van der Waals surface area contributed by atoms with Gasteiger partial charge in [0.2, 0.25) is 0 Å². The van der Waals surface area contributed by atoms with E-state index in [2.05, 4.69) is 15.4 Å². The molecule has 5 nitrogen and oxygen atoms in total. The minimum absolute atomic E-state index is 0.400. The van der Waals surface area contributed by atoms with Crippen LogP contribution < -0.4 is 5.32 Å². The molecule has 0 aliphatic carbocycles.